The molecule has 0 saturated carbocycles. The first-order chi connectivity index (χ1) is 16.6. The first-order valence-corrected chi connectivity index (χ1v) is 11.0. The molecule has 0 radical (unpaired) electrons. The number of carbonyl (C=O) groups is 3. The van der Waals surface area contributed by atoms with Crippen LogP contribution >= 0.6 is 0 Å². The summed E-state index contributed by atoms with van der Waals surface area (Å²) in [6.45, 7) is 0. The van der Waals surface area contributed by atoms with Gasteiger partial charge in [-0.05, 0) is 29.8 Å². The Kier molecular flexibility index (Phi) is 7.09. The summed E-state index contributed by atoms with van der Waals surface area (Å²) in [5.41, 5.74) is 1.80. The standard InChI is InChI=1S/C30H24O4/c1-34-25-19-17-24(18-20-25)30(33)27(29(32)23-15-9-4-10-16-23)26(21-11-5-2-6-12-21)28(31)22-13-7-3-8-14-22/h2-20,26-27H,1H3. The zero-order valence-electron chi connectivity index (χ0n) is 18.8. The second-order valence-electron chi connectivity index (χ2n) is 7.92. The molecule has 0 N–H and O–H groups in total. The normalized spacial score (nSPS) is 12.4. The number of carbonyl (C=O) groups excluding carboxylic acids is 3. The summed E-state index contributed by atoms with van der Waals surface area (Å²) in [5.74, 6) is -2.68. The van der Waals surface area contributed by atoms with Gasteiger partial charge in [0.25, 0.3) is 0 Å². The summed E-state index contributed by atoms with van der Waals surface area (Å²) in [6.07, 6.45) is 0. The van der Waals surface area contributed by atoms with Crippen molar-refractivity contribution in [3.8, 4) is 5.75 Å². The van der Waals surface area contributed by atoms with E-state index >= 15 is 0 Å². The Balaban J connectivity index is 1.87. The molecule has 34 heavy (non-hydrogen) atoms. The Bertz CT molecular complexity index is 1260. The minimum absolute atomic E-state index is 0.275. The van der Waals surface area contributed by atoms with Crippen LogP contribution in [0.5, 0.6) is 5.75 Å². The van der Waals surface area contributed by atoms with Gasteiger partial charge in [-0.15, -0.1) is 0 Å². The van der Waals surface area contributed by atoms with E-state index in [2.05, 4.69) is 0 Å². The summed E-state index contributed by atoms with van der Waals surface area (Å²) in [7, 11) is 1.54. The van der Waals surface area contributed by atoms with Gasteiger partial charge in [-0.3, -0.25) is 14.4 Å². The zero-order chi connectivity index (χ0) is 23.9. The summed E-state index contributed by atoms with van der Waals surface area (Å²) >= 11 is 0. The first-order valence-electron chi connectivity index (χ1n) is 11.0. The van der Waals surface area contributed by atoms with Gasteiger partial charge in [-0.2, -0.15) is 0 Å². The van der Waals surface area contributed by atoms with Crippen LogP contribution in [0.25, 0.3) is 0 Å². The Morgan fingerprint density at radius 2 is 0.941 bits per heavy atom. The lowest BCUT2D eigenvalue weighted by molar-refractivity contribution is 0.0731. The number of hydrogen-bond donors (Lipinski definition) is 0. The van der Waals surface area contributed by atoms with E-state index in [-0.39, 0.29) is 11.6 Å². The van der Waals surface area contributed by atoms with Crippen molar-refractivity contribution in [2.75, 3.05) is 7.11 Å². The van der Waals surface area contributed by atoms with Crippen LogP contribution in [0, 0.1) is 5.92 Å². The summed E-state index contributed by atoms with van der Waals surface area (Å²) in [6, 6.07) is 33.1. The molecular formula is C30H24O4. The number of rotatable bonds is 9. The van der Waals surface area contributed by atoms with Crippen LogP contribution in [0.1, 0.15) is 42.6 Å². The molecule has 0 aliphatic carbocycles. The molecule has 168 valence electrons. The third-order valence-corrected chi connectivity index (χ3v) is 5.83. The average molecular weight is 449 g/mol. The van der Waals surface area contributed by atoms with Gasteiger partial charge < -0.3 is 4.74 Å². The van der Waals surface area contributed by atoms with Gasteiger partial charge in [0, 0.05) is 16.7 Å². The van der Waals surface area contributed by atoms with Crippen molar-refractivity contribution in [1.82, 2.24) is 0 Å². The van der Waals surface area contributed by atoms with Gasteiger partial charge in [0.1, 0.15) is 5.75 Å². The van der Waals surface area contributed by atoms with Crippen LogP contribution < -0.4 is 4.74 Å². The van der Waals surface area contributed by atoms with Crippen molar-refractivity contribution in [3.63, 3.8) is 0 Å². The second-order valence-corrected chi connectivity index (χ2v) is 7.92. The fourth-order valence-corrected chi connectivity index (χ4v) is 4.08. The number of Topliss-reactive ketones (excluding diaryl/α,β-unsaturated/α-hetero) is 3. The van der Waals surface area contributed by atoms with Gasteiger partial charge in [0.05, 0.1) is 18.9 Å². The van der Waals surface area contributed by atoms with Crippen molar-refractivity contribution < 1.29 is 19.1 Å². The van der Waals surface area contributed by atoms with Crippen LogP contribution in [-0.2, 0) is 0 Å². The predicted octanol–water partition coefficient (Wildman–Crippen LogP) is 6.04. The molecule has 4 aromatic rings. The minimum Gasteiger partial charge on any atom is -0.497 e. The van der Waals surface area contributed by atoms with Crippen LogP contribution in [0.2, 0.25) is 0 Å². The molecular weight excluding hydrogens is 424 g/mol. The maximum absolute atomic E-state index is 13.9. The minimum atomic E-state index is -1.23. The lowest BCUT2D eigenvalue weighted by Crippen LogP contribution is -2.35. The molecule has 2 unspecified atom stereocenters. The Labute approximate surface area is 198 Å². The second kappa shape index (κ2) is 10.5. The third kappa shape index (κ3) is 4.86. The number of ether oxygens (including phenoxy) is 1. The van der Waals surface area contributed by atoms with Gasteiger partial charge in [-0.25, -0.2) is 0 Å². The highest BCUT2D eigenvalue weighted by Crippen LogP contribution is 2.34. The molecule has 0 aromatic heterocycles. The predicted molar refractivity (Wildman–Crippen MR) is 132 cm³/mol. The average Bonchev–Trinajstić information content (AvgIpc) is 2.92. The van der Waals surface area contributed by atoms with Crippen LogP contribution in [-0.4, -0.2) is 24.5 Å². The van der Waals surface area contributed by atoms with E-state index in [1.807, 2.05) is 24.3 Å². The fraction of sp³-hybridized carbons (Fsp3) is 0.100. The van der Waals surface area contributed by atoms with E-state index in [0.717, 1.165) is 0 Å². The molecule has 0 heterocycles. The van der Waals surface area contributed by atoms with Crippen molar-refractivity contribution in [3.05, 3.63) is 138 Å². The first kappa shape index (κ1) is 22.9. The maximum atomic E-state index is 13.9. The Morgan fingerprint density at radius 3 is 1.41 bits per heavy atom. The summed E-state index contributed by atoms with van der Waals surface area (Å²) in [4.78, 5) is 41.6. The smallest absolute Gasteiger partial charge is 0.174 e. The van der Waals surface area contributed by atoms with E-state index in [9.17, 15) is 14.4 Å². The van der Waals surface area contributed by atoms with Crippen molar-refractivity contribution >= 4 is 17.3 Å². The molecule has 0 aliphatic heterocycles. The van der Waals surface area contributed by atoms with E-state index in [1.165, 1.54) is 0 Å². The van der Waals surface area contributed by atoms with Gasteiger partial charge in [0.15, 0.2) is 17.3 Å². The monoisotopic (exact) mass is 448 g/mol. The van der Waals surface area contributed by atoms with Crippen LogP contribution in [0.4, 0.5) is 0 Å². The third-order valence-electron chi connectivity index (χ3n) is 5.83. The van der Waals surface area contributed by atoms with E-state index in [1.54, 1.807) is 98.1 Å². The number of hydrogen-bond acceptors (Lipinski definition) is 4. The number of ketones is 3. The molecule has 4 rings (SSSR count). The van der Waals surface area contributed by atoms with Gasteiger partial charge in [-0.1, -0.05) is 91.0 Å². The lowest BCUT2D eigenvalue weighted by Gasteiger charge is -2.25. The SMILES string of the molecule is COc1ccc(C(=O)C(C(=O)c2ccccc2)C(C(=O)c2ccccc2)c2ccccc2)cc1. The van der Waals surface area contributed by atoms with Crippen LogP contribution in [0.15, 0.2) is 115 Å². The quantitative estimate of drug-likeness (QED) is 0.231. The highest BCUT2D eigenvalue weighted by Gasteiger charge is 2.41. The molecule has 0 bridgehead atoms. The molecule has 0 aliphatic rings. The molecule has 0 fully saturated rings. The van der Waals surface area contributed by atoms with E-state index in [0.29, 0.717) is 28.0 Å². The maximum Gasteiger partial charge on any atom is 0.174 e. The van der Waals surface area contributed by atoms with Crippen molar-refractivity contribution in [2.24, 2.45) is 5.92 Å². The molecule has 4 aromatic carbocycles. The molecule has 4 nitrogen and oxygen atoms in total. The van der Waals surface area contributed by atoms with E-state index < -0.39 is 17.6 Å². The van der Waals surface area contributed by atoms with Gasteiger partial charge in [0.2, 0.25) is 0 Å². The molecule has 4 heteroatoms. The van der Waals surface area contributed by atoms with Crippen molar-refractivity contribution in [2.45, 2.75) is 5.92 Å². The lowest BCUT2D eigenvalue weighted by atomic mass is 9.73. The highest BCUT2D eigenvalue weighted by molar-refractivity contribution is 6.20. The topological polar surface area (TPSA) is 60.4 Å². The molecule has 0 amide bonds. The fourth-order valence-electron chi connectivity index (χ4n) is 4.08. The zero-order valence-corrected chi connectivity index (χ0v) is 18.8. The van der Waals surface area contributed by atoms with Crippen LogP contribution in [0.3, 0.4) is 0 Å². The highest BCUT2D eigenvalue weighted by atomic mass is 16.5. The molecule has 0 spiro atoms. The largest absolute Gasteiger partial charge is 0.497 e. The summed E-state index contributed by atoms with van der Waals surface area (Å²) < 4.78 is 5.21. The Morgan fingerprint density at radius 1 is 0.529 bits per heavy atom. The summed E-state index contributed by atoms with van der Waals surface area (Å²) in [5, 5.41) is 0. The molecule has 2 atom stereocenters. The van der Waals surface area contributed by atoms with E-state index in [4.69, 9.17) is 4.74 Å². The van der Waals surface area contributed by atoms with Gasteiger partial charge >= 0.3 is 0 Å². The van der Waals surface area contributed by atoms with Crippen molar-refractivity contribution in [1.29, 1.82) is 0 Å². The molecule has 0 saturated heterocycles. The Hall–Kier alpha value is -4.31. The number of benzene rings is 4. The number of methoxy groups -OCH3 is 1.